The van der Waals surface area contributed by atoms with Crippen LogP contribution in [-0.2, 0) is 67.2 Å². The van der Waals surface area contributed by atoms with Gasteiger partial charge in [-0.1, -0.05) is 91.0 Å². The van der Waals surface area contributed by atoms with Crippen molar-refractivity contribution in [3.05, 3.63) is 108 Å². The van der Waals surface area contributed by atoms with Crippen LogP contribution >= 0.6 is 25.3 Å². The number of hydrogen-bond acceptors (Lipinski definition) is 15. The number of aliphatic carboxylic acids is 1. The highest BCUT2D eigenvalue weighted by molar-refractivity contribution is 7.80. The number of guanidine groups is 2. The third-order valence-electron chi connectivity index (χ3n) is 14.3. The van der Waals surface area contributed by atoms with Gasteiger partial charge in [-0.25, -0.2) is 4.79 Å². The quantitative estimate of drug-likeness (QED) is 0.0126. The number of carboxylic acid groups (broad SMARTS) is 1. The Labute approximate surface area is 509 Å². The first-order chi connectivity index (χ1) is 41.2. The van der Waals surface area contributed by atoms with Gasteiger partial charge in [0.2, 0.25) is 53.2 Å². The molecule has 86 heavy (non-hydrogen) atoms. The zero-order valence-electron chi connectivity index (χ0n) is 47.7. The fourth-order valence-electron chi connectivity index (χ4n) is 9.86. The largest absolute Gasteiger partial charge is 0.480 e. The van der Waals surface area contributed by atoms with E-state index in [9.17, 15) is 53.1 Å². The van der Waals surface area contributed by atoms with Crippen molar-refractivity contribution in [2.75, 3.05) is 44.2 Å². The van der Waals surface area contributed by atoms with Crippen molar-refractivity contribution in [2.45, 2.75) is 125 Å². The first kappa shape index (κ1) is 68.3. The van der Waals surface area contributed by atoms with Gasteiger partial charge in [-0.05, 0) is 68.1 Å². The van der Waals surface area contributed by atoms with Crippen LogP contribution in [0.25, 0.3) is 0 Å². The van der Waals surface area contributed by atoms with Gasteiger partial charge in [-0.3, -0.25) is 53.1 Å². The molecule has 2 aliphatic rings. The van der Waals surface area contributed by atoms with E-state index >= 15 is 0 Å². The summed E-state index contributed by atoms with van der Waals surface area (Å²) >= 11 is 8.47. The summed E-state index contributed by atoms with van der Waals surface area (Å²) in [5.41, 5.74) is 29.5. The summed E-state index contributed by atoms with van der Waals surface area (Å²) in [6, 6.07) is 15.2. The Balaban J connectivity index is 1.27. The van der Waals surface area contributed by atoms with Gasteiger partial charge < -0.3 is 80.8 Å². The maximum Gasteiger partial charge on any atom is 0.326 e. The van der Waals surface area contributed by atoms with Gasteiger partial charge in [0, 0.05) is 56.9 Å². The van der Waals surface area contributed by atoms with Crippen molar-refractivity contribution >= 4 is 96.3 Å². The van der Waals surface area contributed by atoms with Crippen LogP contribution in [0, 0.1) is 0 Å². The Morgan fingerprint density at radius 2 is 0.930 bits per heavy atom. The van der Waals surface area contributed by atoms with E-state index in [1.165, 1.54) is 9.80 Å². The number of likely N-dealkylation sites (tertiary alicyclic amines) is 2. The van der Waals surface area contributed by atoms with Crippen molar-refractivity contribution < 1.29 is 53.1 Å². The van der Waals surface area contributed by atoms with Crippen molar-refractivity contribution in [1.82, 2.24) is 47.0 Å². The lowest BCUT2D eigenvalue weighted by Gasteiger charge is -2.33. The molecule has 2 aliphatic heterocycles. The third kappa shape index (κ3) is 21.9. The molecule has 0 unspecified atom stereocenters. The van der Waals surface area contributed by atoms with Gasteiger partial charge in [0.15, 0.2) is 11.9 Å². The average molecular weight is 1230 g/mol. The second-order valence-electron chi connectivity index (χ2n) is 20.8. The van der Waals surface area contributed by atoms with Crippen molar-refractivity contribution in [1.29, 1.82) is 0 Å². The number of hydrogen-bond donors (Lipinski definition) is 15. The lowest BCUT2D eigenvalue weighted by Crippen LogP contribution is -2.60. The minimum atomic E-state index is -1.40. The first-order valence-corrected chi connectivity index (χ1v) is 29.6. The Kier molecular flexibility index (Phi) is 27.9. The number of benzene rings is 3. The molecule has 0 radical (unpaired) electrons. The van der Waals surface area contributed by atoms with Crippen LogP contribution in [0.5, 0.6) is 0 Å². The maximum absolute atomic E-state index is 14.4. The molecular formula is C57H80N16O11S2. The second kappa shape index (κ2) is 35.1. The van der Waals surface area contributed by atoms with E-state index in [-0.39, 0.29) is 94.5 Å². The van der Waals surface area contributed by atoms with E-state index in [0.717, 1.165) is 0 Å². The van der Waals surface area contributed by atoms with Crippen molar-refractivity contribution in [2.24, 2.45) is 38.7 Å². The Hall–Kier alpha value is -8.44. The smallest absolute Gasteiger partial charge is 0.326 e. The number of carbonyl (C=O) groups excluding carboxylic acids is 9. The molecular weight excluding hydrogens is 1150 g/mol. The molecule has 0 aromatic heterocycles. The number of rotatable bonds is 33. The van der Waals surface area contributed by atoms with Crippen LogP contribution in [0.2, 0.25) is 0 Å². The molecule has 3 aromatic rings. The summed E-state index contributed by atoms with van der Waals surface area (Å²) in [5, 5.41) is 28.5. The van der Waals surface area contributed by atoms with E-state index in [4.69, 9.17) is 28.7 Å². The number of amides is 9. The van der Waals surface area contributed by atoms with Gasteiger partial charge in [-0.15, -0.1) is 0 Å². The van der Waals surface area contributed by atoms with Crippen LogP contribution < -0.4 is 65.9 Å². The molecule has 2 saturated heterocycles. The molecule has 2 heterocycles. The average Bonchev–Trinajstić information content (AvgIpc) is 2.21. The van der Waals surface area contributed by atoms with E-state index in [1.807, 2.05) is 0 Å². The van der Waals surface area contributed by atoms with E-state index in [0.29, 0.717) is 42.4 Å². The van der Waals surface area contributed by atoms with Gasteiger partial charge in [0.25, 0.3) is 0 Å². The van der Waals surface area contributed by atoms with Crippen LogP contribution in [0.15, 0.2) is 101 Å². The predicted octanol–water partition coefficient (Wildman–Crippen LogP) is -2.90. The lowest BCUT2D eigenvalue weighted by molar-refractivity contribution is -0.148. The fourth-order valence-corrected chi connectivity index (χ4v) is 10.3. The topological polar surface area (TPSA) is 436 Å². The summed E-state index contributed by atoms with van der Waals surface area (Å²) in [4.78, 5) is 149. The molecule has 2 fully saturated rings. The number of carboxylic acids is 1. The van der Waals surface area contributed by atoms with Crippen LogP contribution in [0.3, 0.4) is 0 Å². The molecule has 466 valence electrons. The lowest BCUT2D eigenvalue weighted by atomic mass is 10.0. The molecule has 5 rings (SSSR count). The standard InChI is InChI=1S/C57H80N16O11S2/c58-37(32-85)47(75)67-38(20-10-24-63-56(59)60)53(81)73-27-13-23-45(73)54(82)72-26-12-22-44(72)52(80)65-31-46(74)66-40(28-34-14-4-1-5-15-34)48(76)71-43(33-86)51(79)70-42(30-36-18-8-3-9-19-36)50(78)69-41(29-35-16-6-2-7-17-35)49(77)68-39(55(83)84)21-11-25-64-57(61)62/h1-9,14-19,37-45,85-86H,10-13,20-33,58H2,(H,65,80)(H,66,74)(H,67,75)(H,68,77)(H,69,78)(H,70,79)(H,71,76)(H,83,84)(H4,59,60,63)(H4,61,62,64)/t37-,38-,39-,40-,41-,42+,43-,44-,45-/m0/s1. The fraction of sp³-hybridized carbons (Fsp3) is 0.474. The molecule has 0 bridgehead atoms. The van der Waals surface area contributed by atoms with Crippen molar-refractivity contribution in [3.8, 4) is 0 Å². The first-order valence-electron chi connectivity index (χ1n) is 28.3. The van der Waals surface area contributed by atoms with Crippen LogP contribution in [0.4, 0.5) is 0 Å². The highest BCUT2D eigenvalue weighted by Gasteiger charge is 2.44. The summed E-state index contributed by atoms with van der Waals surface area (Å²) in [7, 11) is 0. The predicted molar refractivity (Wildman–Crippen MR) is 328 cm³/mol. The number of aliphatic imine (C=N–C) groups is 2. The monoisotopic (exact) mass is 1230 g/mol. The maximum atomic E-state index is 14.4. The van der Waals surface area contributed by atoms with Crippen LogP contribution in [0.1, 0.15) is 68.1 Å². The number of nitrogens with two attached hydrogens (primary N) is 5. The van der Waals surface area contributed by atoms with Gasteiger partial charge in [0.05, 0.1) is 12.6 Å². The second-order valence-corrected chi connectivity index (χ2v) is 21.5. The van der Waals surface area contributed by atoms with E-state index in [2.05, 4.69) is 72.5 Å². The van der Waals surface area contributed by atoms with Gasteiger partial charge in [0.1, 0.15) is 48.3 Å². The summed E-state index contributed by atoms with van der Waals surface area (Å²) in [6.07, 6.45) is 1.88. The Bertz CT molecular complexity index is 2850. The summed E-state index contributed by atoms with van der Waals surface area (Å²) in [6.45, 7) is 0.0747. The zero-order chi connectivity index (χ0) is 62.7. The highest BCUT2D eigenvalue weighted by Crippen LogP contribution is 2.26. The molecule has 9 amide bonds. The molecule has 29 heteroatoms. The van der Waals surface area contributed by atoms with Crippen LogP contribution in [-0.4, -0.2) is 185 Å². The summed E-state index contributed by atoms with van der Waals surface area (Å²) in [5.74, 6) is -8.23. The summed E-state index contributed by atoms with van der Waals surface area (Å²) < 4.78 is 0. The molecule has 3 aromatic carbocycles. The zero-order valence-corrected chi connectivity index (χ0v) is 49.5. The van der Waals surface area contributed by atoms with Gasteiger partial charge in [-0.2, -0.15) is 25.3 Å². The number of carbonyl (C=O) groups is 10. The molecule has 0 saturated carbocycles. The molecule has 0 aliphatic carbocycles. The normalized spacial score (nSPS) is 16.9. The van der Waals surface area contributed by atoms with E-state index in [1.54, 1.807) is 91.0 Å². The SMILES string of the molecule is NC(N)=NCCC[C@H](NC(=O)[C@H](Cc1ccccc1)NC(=O)[C@@H](Cc1ccccc1)NC(=O)[C@H](CS)NC(=O)[C@H](Cc1ccccc1)NC(=O)CNC(=O)[C@@H]1CCCN1C(=O)[C@@H]1CCCN1C(=O)[C@H](CCCN=C(N)N)NC(=O)[C@@H](N)CS)C(=O)O. The molecule has 0 spiro atoms. The minimum absolute atomic E-state index is 0.0202. The molecule has 9 atom stereocenters. The number of nitrogens with zero attached hydrogens (tertiary/aromatic N) is 4. The van der Waals surface area contributed by atoms with Gasteiger partial charge >= 0.3 is 5.97 Å². The number of thiol groups is 2. The minimum Gasteiger partial charge on any atom is -0.480 e. The van der Waals surface area contributed by atoms with Crippen molar-refractivity contribution in [3.63, 3.8) is 0 Å². The Morgan fingerprint density at radius 3 is 1.38 bits per heavy atom. The Morgan fingerprint density at radius 1 is 0.523 bits per heavy atom. The molecule has 18 N–H and O–H groups in total. The number of nitrogens with one attached hydrogen (secondary N) is 7. The highest BCUT2D eigenvalue weighted by atomic mass is 32.1. The molecule has 27 nitrogen and oxygen atoms in total. The van der Waals surface area contributed by atoms with E-state index < -0.39 is 120 Å². The third-order valence-corrected chi connectivity index (χ3v) is 15.1.